The SMILES string of the molecule is N#Cc1cnc(N2CCN(Cc3ccc(C(F)(F)F)cn3)CC2)c(Cl)c1. The third-order valence-corrected chi connectivity index (χ3v) is 4.44. The van der Waals surface area contributed by atoms with Crippen LogP contribution in [0.1, 0.15) is 16.8 Å². The molecule has 1 saturated heterocycles. The number of rotatable bonds is 3. The van der Waals surface area contributed by atoms with Gasteiger partial charge in [0.25, 0.3) is 0 Å². The molecule has 1 aliphatic rings. The summed E-state index contributed by atoms with van der Waals surface area (Å²) in [5, 5.41) is 9.29. The lowest BCUT2D eigenvalue weighted by Gasteiger charge is -2.35. The van der Waals surface area contributed by atoms with Crippen LogP contribution in [0.3, 0.4) is 0 Å². The quantitative estimate of drug-likeness (QED) is 0.816. The van der Waals surface area contributed by atoms with Gasteiger partial charge < -0.3 is 4.90 Å². The van der Waals surface area contributed by atoms with E-state index in [-0.39, 0.29) is 0 Å². The molecule has 0 bridgehead atoms. The van der Waals surface area contributed by atoms with Crippen LogP contribution in [-0.4, -0.2) is 41.0 Å². The Morgan fingerprint density at radius 1 is 1.12 bits per heavy atom. The largest absolute Gasteiger partial charge is 0.417 e. The van der Waals surface area contributed by atoms with Gasteiger partial charge in [0.15, 0.2) is 0 Å². The highest BCUT2D eigenvalue weighted by Gasteiger charge is 2.30. The van der Waals surface area contributed by atoms with Gasteiger partial charge in [-0.25, -0.2) is 4.98 Å². The molecule has 2 aromatic heterocycles. The molecule has 3 heterocycles. The highest BCUT2D eigenvalue weighted by Crippen LogP contribution is 2.28. The molecule has 136 valence electrons. The van der Waals surface area contributed by atoms with E-state index >= 15 is 0 Å². The van der Waals surface area contributed by atoms with E-state index in [1.54, 1.807) is 6.07 Å². The van der Waals surface area contributed by atoms with Gasteiger partial charge in [-0.3, -0.25) is 9.88 Å². The van der Waals surface area contributed by atoms with E-state index in [0.717, 1.165) is 12.3 Å². The van der Waals surface area contributed by atoms with E-state index in [1.807, 2.05) is 11.0 Å². The Morgan fingerprint density at radius 2 is 1.85 bits per heavy atom. The number of piperazine rings is 1. The van der Waals surface area contributed by atoms with Gasteiger partial charge in [-0.2, -0.15) is 18.4 Å². The van der Waals surface area contributed by atoms with E-state index in [2.05, 4.69) is 14.9 Å². The van der Waals surface area contributed by atoms with Crippen LogP contribution in [0.2, 0.25) is 5.02 Å². The molecule has 0 unspecified atom stereocenters. The molecule has 5 nitrogen and oxygen atoms in total. The summed E-state index contributed by atoms with van der Waals surface area (Å²) in [5.74, 6) is 0.637. The van der Waals surface area contributed by atoms with Crippen LogP contribution in [0.25, 0.3) is 0 Å². The van der Waals surface area contributed by atoms with E-state index in [0.29, 0.717) is 54.8 Å². The number of nitrogens with zero attached hydrogens (tertiary/aromatic N) is 5. The van der Waals surface area contributed by atoms with Crippen LogP contribution in [-0.2, 0) is 12.7 Å². The van der Waals surface area contributed by atoms with Crippen LogP contribution < -0.4 is 4.90 Å². The summed E-state index contributed by atoms with van der Waals surface area (Å²) in [5.41, 5.74) is 0.263. The zero-order chi connectivity index (χ0) is 18.7. The minimum atomic E-state index is -4.37. The molecule has 1 aliphatic heterocycles. The zero-order valence-electron chi connectivity index (χ0n) is 13.7. The van der Waals surface area contributed by atoms with Crippen LogP contribution in [0.4, 0.5) is 19.0 Å². The van der Waals surface area contributed by atoms with Crippen LogP contribution in [0.5, 0.6) is 0 Å². The lowest BCUT2D eigenvalue weighted by molar-refractivity contribution is -0.137. The number of anilines is 1. The minimum absolute atomic E-state index is 0.408. The van der Waals surface area contributed by atoms with Crippen molar-refractivity contribution in [1.82, 2.24) is 14.9 Å². The molecule has 0 aliphatic carbocycles. The van der Waals surface area contributed by atoms with Crippen molar-refractivity contribution in [1.29, 1.82) is 5.26 Å². The van der Waals surface area contributed by atoms with Crippen molar-refractivity contribution in [3.8, 4) is 6.07 Å². The van der Waals surface area contributed by atoms with Gasteiger partial charge in [0, 0.05) is 45.1 Å². The topological polar surface area (TPSA) is 56.1 Å². The van der Waals surface area contributed by atoms with Gasteiger partial charge in [0.05, 0.1) is 21.8 Å². The lowest BCUT2D eigenvalue weighted by atomic mass is 10.2. The summed E-state index contributed by atoms with van der Waals surface area (Å²) in [6.45, 7) is 3.26. The fourth-order valence-corrected chi connectivity index (χ4v) is 3.04. The first-order valence-electron chi connectivity index (χ1n) is 7.92. The fourth-order valence-electron chi connectivity index (χ4n) is 2.76. The molecule has 1 fully saturated rings. The summed E-state index contributed by atoms with van der Waals surface area (Å²) < 4.78 is 37.7. The first-order valence-corrected chi connectivity index (χ1v) is 8.29. The molecule has 3 rings (SSSR count). The van der Waals surface area contributed by atoms with Gasteiger partial charge in [-0.1, -0.05) is 11.6 Å². The molecule has 26 heavy (non-hydrogen) atoms. The Morgan fingerprint density at radius 3 is 2.38 bits per heavy atom. The number of halogens is 4. The van der Waals surface area contributed by atoms with Crippen molar-refractivity contribution in [3.63, 3.8) is 0 Å². The summed E-state index contributed by atoms with van der Waals surface area (Å²) in [6, 6.07) is 6.05. The second-order valence-corrected chi connectivity index (χ2v) is 6.35. The molecule has 0 spiro atoms. The summed E-state index contributed by atoms with van der Waals surface area (Å²) >= 11 is 6.19. The Balaban J connectivity index is 1.58. The Labute approximate surface area is 153 Å². The molecule has 2 aromatic rings. The van der Waals surface area contributed by atoms with Gasteiger partial charge in [-0.05, 0) is 18.2 Å². The molecule has 0 saturated carbocycles. The maximum Gasteiger partial charge on any atom is 0.417 e. The van der Waals surface area contributed by atoms with Crippen molar-refractivity contribution in [3.05, 3.63) is 52.4 Å². The van der Waals surface area contributed by atoms with E-state index < -0.39 is 11.7 Å². The normalized spacial score (nSPS) is 15.7. The van der Waals surface area contributed by atoms with Crippen molar-refractivity contribution in [2.75, 3.05) is 31.1 Å². The van der Waals surface area contributed by atoms with Gasteiger partial charge in [-0.15, -0.1) is 0 Å². The average Bonchev–Trinajstić information content (AvgIpc) is 2.62. The van der Waals surface area contributed by atoms with Gasteiger partial charge in [0.1, 0.15) is 11.9 Å². The zero-order valence-corrected chi connectivity index (χ0v) is 14.4. The highest BCUT2D eigenvalue weighted by atomic mass is 35.5. The second kappa shape index (κ2) is 7.48. The molecular weight excluding hydrogens is 367 g/mol. The summed E-state index contributed by atoms with van der Waals surface area (Å²) in [4.78, 5) is 12.3. The molecule has 0 atom stereocenters. The van der Waals surface area contributed by atoms with Crippen molar-refractivity contribution in [2.45, 2.75) is 12.7 Å². The number of pyridine rings is 2. The monoisotopic (exact) mass is 381 g/mol. The maximum absolute atomic E-state index is 12.6. The third-order valence-electron chi connectivity index (χ3n) is 4.16. The summed E-state index contributed by atoms with van der Waals surface area (Å²) in [7, 11) is 0. The number of aromatic nitrogens is 2. The predicted molar refractivity (Wildman–Crippen MR) is 90.7 cm³/mol. The highest BCUT2D eigenvalue weighted by molar-refractivity contribution is 6.33. The molecule has 9 heteroatoms. The number of hydrogen-bond donors (Lipinski definition) is 0. The number of alkyl halides is 3. The maximum atomic E-state index is 12.6. The Bertz CT molecular complexity index is 809. The predicted octanol–water partition coefficient (Wildman–Crippen LogP) is 3.34. The van der Waals surface area contributed by atoms with Crippen LogP contribution >= 0.6 is 11.6 Å². The van der Waals surface area contributed by atoms with Crippen LogP contribution in [0.15, 0.2) is 30.6 Å². The minimum Gasteiger partial charge on any atom is -0.353 e. The number of nitriles is 1. The standard InChI is InChI=1S/C17H15ClF3N5/c18-15-7-12(8-22)9-24-16(15)26-5-3-25(4-6-26)11-14-2-1-13(10-23-14)17(19,20)21/h1-2,7,9-10H,3-6,11H2. The average molecular weight is 382 g/mol. The van der Waals surface area contributed by atoms with E-state index in [1.165, 1.54) is 12.3 Å². The first-order chi connectivity index (χ1) is 12.4. The van der Waals surface area contributed by atoms with Crippen molar-refractivity contribution >= 4 is 17.4 Å². The smallest absolute Gasteiger partial charge is 0.353 e. The molecule has 0 amide bonds. The number of hydrogen-bond acceptors (Lipinski definition) is 5. The van der Waals surface area contributed by atoms with Crippen molar-refractivity contribution in [2.24, 2.45) is 0 Å². The van der Waals surface area contributed by atoms with E-state index in [4.69, 9.17) is 16.9 Å². The summed E-state index contributed by atoms with van der Waals surface area (Å²) in [6.07, 6.45) is -2.02. The van der Waals surface area contributed by atoms with Crippen molar-refractivity contribution < 1.29 is 13.2 Å². The fraction of sp³-hybridized carbons (Fsp3) is 0.353. The Hall–Kier alpha value is -2.37. The Kier molecular flexibility index (Phi) is 5.30. The van der Waals surface area contributed by atoms with Crippen LogP contribution in [0, 0.1) is 11.3 Å². The molecule has 0 radical (unpaired) electrons. The van der Waals surface area contributed by atoms with Gasteiger partial charge in [0.2, 0.25) is 0 Å². The van der Waals surface area contributed by atoms with E-state index in [9.17, 15) is 13.2 Å². The van der Waals surface area contributed by atoms with Gasteiger partial charge >= 0.3 is 6.18 Å². The molecule has 0 N–H and O–H groups in total. The second-order valence-electron chi connectivity index (χ2n) is 5.94. The first kappa shape index (κ1) is 18.4. The third kappa shape index (κ3) is 4.23. The molecular formula is C17H15ClF3N5. The lowest BCUT2D eigenvalue weighted by Crippen LogP contribution is -2.46. The molecule has 0 aromatic carbocycles.